The Balaban J connectivity index is 2.56. The molecule has 0 radical (unpaired) electrons. The van der Waals surface area contributed by atoms with Crippen LogP contribution in [0, 0.1) is 12.3 Å². The van der Waals surface area contributed by atoms with E-state index in [0.29, 0.717) is 11.4 Å². The van der Waals surface area contributed by atoms with Crippen molar-refractivity contribution in [2.75, 3.05) is 0 Å². The molecule has 17 heavy (non-hydrogen) atoms. The molecule has 0 amide bonds. The first-order valence-electron chi connectivity index (χ1n) is 5.46. The molecule has 0 saturated heterocycles. The minimum atomic E-state index is 0.479. The summed E-state index contributed by atoms with van der Waals surface area (Å²) in [5.41, 5.74) is 10.7. The second kappa shape index (κ2) is 4.05. The zero-order valence-corrected chi connectivity index (χ0v) is 10.3. The lowest BCUT2D eigenvalue weighted by atomic mass is 10.1. The summed E-state index contributed by atoms with van der Waals surface area (Å²) in [7, 11) is 0. The van der Waals surface area contributed by atoms with Crippen LogP contribution in [0.1, 0.15) is 25.1 Å². The van der Waals surface area contributed by atoms with Gasteiger partial charge in [0.2, 0.25) is 0 Å². The Bertz CT molecular complexity index is 619. The van der Waals surface area contributed by atoms with Crippen LogP contribution >= 0.6 is 0 Å². The van der Waals surface area contributed by atoms with E-state index in [1.165, 1.54) is 0 Å². The van der Waals surface area contributed by atoms with Crippen LogP contribution in [-0.4, -0.2) is 15.7 Å². The van der Waals surface area contributed by atoms with Gasteiger partial charge in [-0.3, -0.25) is 0 Å². The zero-order chi connectivity index (χ0) is 12.6. The minimum Gasteiger partial charge on any atom is -0.398 e. The van der Waals surface area contributed by atoms with Crippen molar-refractivity contribution >= 4 is 22.4 Å². The number of nitrogens with one attached hydrogen (secondary N) is 2. The maximum absolute atomic E-state index is 7.58. The van der Waals surface area contributed by atoms with Gasteiger partial charge in [0, 0.05) is 34.2 Å². The topological polar surface area (TPSA) is 78.6 Å². The molecule has 0 aliphatic carbocycles. The summed E-state index contributed by atoms with van der Waals surface area (Å²) in [6.45, 7) is 5.58. The maximum atomic E-state index is 7.58. The van der Waals surface area contributed by atoms with Gasteiger partial charge in [0.25, 0.3) is 0 Å². The van der Waals surface area contributed by atoms with Crippen molar-refractivity contribution in [1.82, 2.24) is 9.97 Å². The summed E-state index contributed by atoms with van der Waals surface area (Å²) in [6.07, 6.45) is 1.74. The lowest BCUT2D eigenvalue weighted by molar-refractivity contribution is 1.24. The molecule has 0 fully saturated rings. The molecular formula is C13H16N4. The molecule has 0 aromatic carbocycles. The van der Waals surface area contributed by atoms with E-state index >= 15 is 0 Å². The van der Waals surface area contributed by atoms with Crippen molar-refractivity contribution in [3.8, 4) is 0 Å². The fourth-order valence-corrected chi connectivity index (χ4v) is 1.72. The van der Waals surface area contributed by atoms with Gasteiger partial charge >= 0.3 is 0 Å². The van der Waals surface area contributed by atoms with Crippen molar-refractivity contribution < 1.29 is 0 Å². The van der Waals surface area contributed by atoms with Gasteiger partial charge in [-0.1, -0.05) is 0 Å². The fraction of sp³-hybridized carbons (Fsp3) is 0.231. The van der Waals surface area contributed by atoms with E-state index in [0.717, 1.165) is 27.9 Å². The van der Waals surface area contributed by atoms with Crippen LogP contribution in [0.25, 0.3) is 16.7 Å². The number of pyridine rings is 1. The average Bonchev–Trinajstić information content (AvgIpc) is 2.65. The number of H-pyrrole nitrogens is 1. The Kier molecular flexibility index (Phi) is 2.71. The van der Waals surface area contributed by atoms with Crippen LogP contribution < -0.4 is 5.73 Å². The summed E-state index contributed by atoms with van der Waals surface area (Å²) < 4.78 is 0. The molecule has 4 N–H and O–H groups in total. The van der Waals surface area contributed by atoms with E-state index in [4.69, 9.17) is 11.1 Å². The molecule has 2 rings (SSSR count). The van der Waals surface area contributed by atoms with E-state index in [2.05, 4.69) is 9.97 Å². The minimum absolute atomic E-state index is 0.479. The van der Waals surface area contributed by atoms with Crippen LogP contribution in [0.2, 0.25) is 0 Å². The molecule has 0 aliphatic heterocycles. The Labute approximate surface area is 100 Å². The SMILES string of the molecule is CC(=N)/C(C)=C(\N)c1cnc2[nH]c(C)cc2c1. The molecule has 0 saturated carbocycles. The van der Waals surface area contributed by atoms with Gasteiger partial charge in [-0.25, -0.2) is 4.98 Å². The number of aryl methyl sites for hydroxylation is 1. The standard InChI is InChI=1S/C13H16N4/c1-7-4-10-5-11(6-16-13(10)17-7)12(15)8(2)9(3)14/h4-6,14H,15H2,1-3H3,(H,16,17)/b12-8-,14-9?. The average molecular weight is 228 g/mol. The third kappa shape index (κ3) is 2.06. The molecule has 4 heteroatoms. The lowest BCUT2D eigenvalue weighted by Gasteiger charge is -2.06. The molecule has 2 aromatic rings. The number of hydrogen-bond donors (Lipinski definition) is 3. The van der Waals surface area contributed by atoms with Gasteiger partial charge in [-0.05, 0) is 38.5 Å². The molecule has 2 aromatic heterocycles. The zero-order valence-electron chi connectivity index (χ0n) is 10.3. The lowest BCUT2D eigenvalue weighted by Crippen LogP contribution is -2.05. The van der Waals surface area contributed by atoms with Crippen molar-refractivity contribution in [3.63, 3.8) is 0 Å². The monoisotopic (exact) mass is 228 g/mol. The van der Waals surface area contributed by atoms with Crippen LogP contribution in [0.15, 0.2) is 23.9 Å². The van der Waals surface area contributed by atoms with E-state index in [1.54, 1.807) is 13.1 Å². The summed E-state index contributed by atoms with van der Waals surface area (Å²) in [6, 6.07) is 4.03. The first-order chi connectivity index (χ1) is 7.99. The number of nitrogens with two attached hydrogens (primary N) is 1. The van der Waals surface area contributed by atoms with Crippen LogP contribution in [0.4, 0.5) is 0 Å². The highest BCUT2D eigenvalue weighted by atomic mass is 14.9. The number of fused-ring (bicyclic) bond motifs is 1. The Morgan fingerprint density at radius 1 is 1.35 bits per heavy atom. The highest BCUT2D eigenvalue weighted by Gasteiger charge is 2.06. The van der Waals surface area contributed by atoms with Gasteiger partial charge < -0.3 is 16.1 Å². The van der Waals surface area contributed by atoms with Gasteiger partial charge in [0.05, 0.1) is 0 Å². The van der Waals surface area contributed by atoms with Crippen LogP contribution in [0.3, 0.4) is 0 Å². The molecule has 4 nitrogen and oxygen atoms in total. The Morgan fingerprint density at radius 3 is 2.71 bits per heavy atom. The van der Waals surface area contributed by atoms with Gasteiger partial charge in [0.15, 0.2) is 0 Å². The van der Waals surface area contributed by atoms with Crippen molar-refractivity contribution in [2.45, 2.75) is 20.8 Å². The number of rotatable bonds is 2. The fourth-order valence-electron chi connectivity index (χ4n) is 1.72. The molecule has 0 spiro atoms. The van der Waals surface area contributed by atoms with E-state index in [-0.39, 0.29) is 0 Å². The van der Waals surface area contributed by atoms with Crippen molar-refractivity contribution in [3.05, 3.63) is 35.2 Å². The number of aromatic nitrogens is 2. The van der Waals surface area contributed by atoms with Gasteiger partial charge in [0.1, 0.15) is 5.65 Å². The maximum Gasteiger partial charge on any atom is 0.137 e. The summed E-state index contributed by atoms with van der Waals surface area (Å²) >= 11 is 0. The third-order valence-electron chi connectivity index (χ3n) is 2.88. The largest absolute Gasteiger partial charge is 0.398 e. The molecular weight excluding hydrogens is 212 g/mol. The van der Waals surface area contributed by atoms with E-state index < -0.39 is 0 Å². The predicted octanol–water partition coefficient (Wildman–Crippen LogP) is 2.60. The highest BCUT2D eigenvalue weighted by Crippen LogP contribution is 2.19. The molecule has 0 atom stereocenters. The highest BCUT2D eigenvalue weighted by molar-refractivity contribution is 6.02. The number of nitrogens with zero attached hydrogens (tertiary/aromatic N) is 1. The van der Waals surface area contributed by atoms with Crippen molar-refractivity contribution in [2.24, 2.45) is 5.73 Å². The first-order valence-corrected chi connectivity index (χ1v) is 5.46. The smallest absolute Gasteiger partial charge is 0.137 e. The second-order valence-corrected chi connectivity index (χ2v) is 4.28. The molecule has 0 unspecified atom stereocenters. The van der Waals surface area contributed by atoms with Crippen LogP contribution in [0.5, 0.6) is 0 Å². The quantitative estimate of drug-likeness (QED) is 0.691. The van der Waals surface area contributed by atoms with Crippen molar-refractivity contribution in [1.29, 1.82) is 5.41 Å². The Hall–Kier alpha value is -2.10. The van der Waals surface area contributed by atoms with E-state index in [1.807, 2.05) is 26.0 Å². The normalized spacial score (nSPS) is 12.6. The summed E-state index contributed by atoms with van der Waals surface area (Å²) in [5, 5.41) is 8.62. The first kappa shape index (κ1) is 11.4. The predicted molar refractivity (Wildman–Crippen MR) is 71.0 cm³/mol. The summed E-state index contributed by atoms with van der Waals surface area (Å²) in [5.74, 6) is 0. The molecule has 88 valence electrons. The van der Waals surface area contributed by atoms with E-state index in [9.17, 15) is 0 Å². The second-order valence-electron chi connectivity index (χ2n) is 4.28. The Morgan fingerprint density at radius 2 is 2.06 bits per heavy atom. The molecule has 2 heterocycles. The number of hydrogen-bond acceptors (Lipinski definition) is 3. The number of allylic oxidation sites excluding steroid dienone is 1. The number of aromatic amines is 1. The summed E-state index contributed by atoms with van der Waals surface area (Å²) in [4.78, 5) is 7.49. The van der Waals surface area contributed by atoms with Gasteiger partial charge in [-0.2, -0.15) is 0 Å². The van der Waals surface area contributed by atoms with Gasteiger partial charge in [-0.15, -0.1) is 0 Å². The molecule has 0 aliphatic rings. The van der Waals surface area contributed by atoms with Crippen LogP contribution in [-0.2, 0) is 0 Å². The molecule has 0 bridgehead atoms. The third-order valence-corrected chi connectivity index (χ3v) is 2.88.